The van der Waals surface area contributed by atoms with E-state index in [1.54, 1.807) is 13.1 Å². The van der Waals surface area contributed by atoms with Gasteiger partial charge in [-0.25, -0.2) is 4.98 Å². The zero-order valence-electron chi connectivity index (χ0n) is 13.6. The van der Waals surface area contributed by atoms with Crippen LogP contribution < -0.4 is 4.90 Å². The van der Waals surface area contributed by atoms with Gasteiger partial charge in [0.25, 0.3) is 5.89 Å². The van der Waals surface area contributed by atoms with Gasteiger partial charge < -0.3 is 13.9 Å². The van der Waals surface area contributed by atoms with E-state index in [0.717, 1.165) is 37.3 Å². The first-order chi connectivity index (χ1) is 11.7. The van der Waals surface area contributed by atoms with Gasteiger partial charge in [-0.05, 0) is 38.8 Å². The second-order valence-electron chi connectivity index (χ2n) is 5.99. The van der Waals surface area contributed by atoms with Crippen LogP contribution in [0.1, 0.15) is 36.3 Å². The normalized spacial score (nSPS) is 18.1. The third-order valence-corrected chi connectivity index (χ3v) is 4.16. The average molecular weight is 326 g/mol. The summed E-state index contributed by atoms with van der Waals surface area (Å²) in [5.74, 6) is 3.52. The smallest absolute Gasteiger partial charge is 0.261 e. The van der Waals surface area contributed by atoms with E-state index in [9.17, 15) is 0 Å². The average Bonchev–Trinajstić information content (AvgIpc) is 3.23. The van der Waals surface area contributed by atoms with E-state index < -0.39 is 0 Å². The van der Waals surface area contributed by atoms with Crippen molar-refractivity contribution < 1.29 is 9.05 Å². The minimum absolute atomic E-state index is 0.208. The van der Waals surface area contributed by atoms with Gasteiger partial charge in [-0.3, -0.25) is 0 Å². The molecule has 0 bridgehead atoms. The van der Waals surface area contributed by atoms with Crippen LogP contribution in [0.2, 0.25) is 0 Å². The van der Waals surface area contributed by atoms with Crippen LogP contribution in [-0.2, 0) is 0 Å². The third kappa shape index (κ3) is 2.75. The van der Waals surface area contributed by atoms with E-state index in [-0.39, 0.29) is 5.92 Å². The van der Waals surface area contributed by atoms with Crippen molar-refractivity contribution in [2.45, 2.75) is 32.6 Å². The Kier molecular flexibility index (Phi) is 3.72. The summed E-state index contributed by atoms with van der Waals surface area (Å²) >= 11 is 0. The number of hydrogen-bond acceptors (Lipinski definition) is 8. The molecule has 0 saturated carbocycles. The number of anilines is 1. The first-order valence-electron chi connectivity index (χ1n) is 8.01. The molecule has 0 amide bonds. The van der Waals surface area contributed by atoms with Crippen molar-refractivity contribution >= 4 is 5.82 Å². The molecule has 4 rings (SSSR count). The van der Waals surface area contributed by atoms with Gasteiger partial charge in [0.2, 0.25) is 5.89 Å². The molecule has 0 aliphatic carbocycles. The molecule has 4 heterocycles. The summed E-state index contributed by atoms with van der Waals surface area (Å²) in [6.07, 6.45) is 3.84. The molecule has 124 valence electrons. The quantitative estimate of drug-likeness (QED) is 0.724. The lowest BCUT2D eigenvalue weighted by Crippen LogP contribution is -2.35. The molecule has 1 fully saturated rings. The first-order valence-corrected chi connectivity index (χ1v) is 8.01. The lowest BCUT2D eigenvalue weighted by molar-refractivity contribution is 0.331. The maximum Gasteiger partial charge on any atom is 0.261 e. The van der Waals surface area contributed by atoms with E-state index >= 15 is 0 Å². The minimum Gasteiger partial charge on any atom is -0.355 e. The van der Waals surface area contributed by atoms with Gasteiger partial charge in [0, 0.05) is 19.3 Å². The Morgan fingerprint density at radius 2 is 1.96 bits per heavy atom. The van der Waals surface area contributed by atoms with Crippen LogP contribution in [-0.4, -0.2) is 38.4 Å². The van der Waals surface area contributed by atoms with Crippen molar-refractivity contribution in [2.24, 2.45) is 0 Å². The molecule has 0 spiro atoms. The van der Waals surface area contributed by atoms with Gasteiger partial charge in [0.15, 0.2) is 11.6 Å². The van der Waals surface area contributed by atoms with Crippen LogP contribution in [0.25, 0.3) is 11.5 Å². The Morgan fingerprint density at radius 3 is 2.71 bits per heavy atom. The maximum absolute atomic E-state index is 5.36. The number of pyridine rings is 1. The topological polar surface area (TPSA) is 94.0 Å². The highest BCUT2D eigenvalue weighted by molar-refractivity contribution is 5.69. The van der Waals surface area contributed by atoms with E-state index in [1.165, 1.54) is 0 Å². The lowest BCUT2D eigenvalue weighted by Gasteiger charge is -2.32. The molecule has 3 aromatic rings. The van der Waals surface area contributed by atoms with E-state index in [1.807, 2.05) is 19.1 Å². The first kappa shape index (κ1) is 14.8. The molecule has 0 aromatic carbocycles. The standard InChI is InChI=1S/C16H18N6O2/c1-10-18-15(23-20-10)12-5-4-8-22(9-12)14-13(6-3-7-17-14)16-19-11(2)21-24-16/h3,6-7,12H,4-5,8-9H2,1-2H3/t12-/m0/s1. The molecular weight excluding hydrogens is 308 g/mol. The summed E-state index contributed by atoms with van der Waals surface area (Å²) in [7, 11) is 0. The molecule has 0 radical (unpaired) electrons. The zero-order valence-corrected chi connectivity index (χ0v) is 13.6. The Bertz CT molecular complexity index is 842. The second-order valence-corrected chi connectivity index (χ2v) is 5.99. The van der Waals surface area contributed by atoms with Gasteiger partial charge in [-0.2, -0.15) is 9.97 Å². The highest BCUT2D eigenvalue weighted by Crippen LogP contribution is 2.33. The monoisotopic (exact) mass is 326 g/mol. The molecule has 3 aromatic heterocycles. The second kappa shape index (κ2) is 6.03. The Balaban J connectivity index is 1.64. The van der Waals surface area contributed by atoms with Crippen molar-refractivity contribution in [1.29, 1.82) is 0 Å². The molecule has 8 nitrogen and oxygen atoms in total. The Morgan fingerprint density at radius 1 is 1.12 bits per heavy atom. The number of piperidine rings is 1. The molecule has 8 heteroatoms. The van der Waals surface area contributed by atoms with Crippen LogP contribution in [0.15, 0.2) is 27.4 Å². The number of hydrogen-bond donors (Lipinski definition) is 0. The number of aryl methyl sites for hydroxylation is 2. The predicted octanol–water partition coefficient (Wildman–Crippen LogP) is 2.52. The summed E-state index contributed by atoms with van der Waals surface area (Å²) in [5.41, 5.74) is 0.848. The number of aromatic nitrogens is 5. The van der Waals surface area contributed by atoms with Gasteiger partial charge >= 0.3 is 0 Å². The van der Waals surface area contributed by atoms with E-state index in [0.29, 0.717) is 23.4 Å². The number of nitrogens with zero attached hydrogens (tertiary/aromatic N) is 6. The lowest BCUT2D eigenvalue weighted by atomic mass is 9.97. The fourth-order valence-corrected chi connectivity index (χ4v) is 3.07. The van der Waals surface area contributed by atoms with Crippen molar-refractivity contribution in [1.82, 2.24) is 25.3 Å². The van der Waals surface area contributed by atoms with Crippen molar-refractivity contribution in [3.63, 3.8) is 0 Å². The van der Waals surface area contributed by atoms with Crippen LogP contribution >= 0.6 is 0 Å². The van der Waals surface area contributed by atoms with E-state index in [4.69, 9.17) is 9.05 Å². The molecule has 1 aliphatic rings. The summed E-state index contributed by atoms with van der Waals surface area (Å²) < 4.78 is 10.7. The predicted molar refractivity (Wildman–Crippen MR) is 85.5 cm³/mol. The van der Waals surface area contributed by atoms with Crippen LogP contribution in [0.3, 0.4) is 0 Å². The Labute approximate surface area is 138 Å². The van der Waals surface area contributed by atoms with Gasteiger partial charge in [0.1, 0.15) is 5.82 Å². The molecule has 1 aliphatic heterocycles. The molecule has 1 saturated heterocycles. The molecular formula is C16H18N6O2. The fourth-order valence-electron chi connectivity index (χ4n) is 3.07. The van der Waals surface area contributed by atoms with Crippen molar-refractivity contribution in [3.8, 4) is 11.5 Å². The summed E-state index contributed by atoms with van der Waals surface area (Å²) in [5, 5.41) is 7.78. The van der Waals surface area contributed by atoms with Gasteiger partial charge in [0.05, 0.1) is 11.5 Å². The summed E-state index contributed by atoms with van der Waals surface area (Å²) in [6.45, 7) is 5.33. The van der Waals surface area contributed by atoms with Crippen LogP contribution in [0.5, 0.6) is 0 Å². The SMILES string of the molecule is Cc1noc(-c2cccnc2N2CCC[C@H](c3nc(C)no3)C2)n1. The maximum atomic E-state index is 5.36. The van der Waals surface area contributed by atoms with Crippen molar-refractivity contribution in [3.05, 3.63) is 35.9 Å². The van der Waals surface area contributed by atoms with Gasteiger partial charge in [-0.1, -0.05) is 10.3 Å². The third-order valence-electron chi connectivity index (χ3n) is 4.16. The van der Waals surface area contributed by atoms with Crippen molar-refractivity contribution in [2.75, 3.05) is 18.0 Å². The summed E-state index contributed by atoms with van der Waals surface area (Å²) in [4.78, 5) is 15.5. The number of rotatable bonds is 3. The van der Waals surface area contributed by atoms with Crippen LogP contribution in [0, 0.1) is 13.8 Å². The largest absolute Gasteiger partial charge is 0.355 e. The summed E-state index contributed by atoms with van der Waals surface area (Å²) in [6, 6.07) is 3.83. The highest BCUT2D eigenvalue weighted by atomic mass is 16.5. The molecule has 1 atom stereocenters. The molecule has 24 heavy (non-hydrogen) atoms. The van der Waals surface area contributed by atoms with Gasteiger partial charge in [-0.15, -0.1) is 0 Å². The zero-order chi connectivity index (χ0) is 16.5. The Hall–Kier alpha value is -2.77. The highest BCUT2D eigenvalue weighted by Gasteiger charge is 2.28. The molecule has 0 N–H and O–H groups in total. The molecule has 0 unspecified atom stereocenters. The van der Waals surface area contributed by atoms with E-state index in [2.05, 4.69) is 30.2 Å². The fraction of sp³-hybridized carbons (Fsp3) is 0.438. The minimum atomic E-state index is 0.208. The van der Waals surface area contributed by atoms with Crippen LogP contribution in [0.4, 0.5) is 5.82 Å².